The largest absolute Gasteiger partial charge is 0.454 e. The van der Waals surface area contributed by atoms with Crippen LogP contribution in [-0.2, 0) is 0 Å². The third-order valence-electron chi connectivity index (χ3n) is 5.50. The Kier molecular flexibility index (Phi) is 4.72. The minimum Gasteiger partial charge on any atom is -0.454 e. The van der Waals surface area contributed by atoms with Gasteiger partial charge in [0.1, 0.15) is 5.82 Å². The Balaban J connectivity index is 1.45. The zero-order valence-corrected chi connectivity index (χ0v) is 16.9. The van der Waals surface area contributed by atoms with Crippen LogP contribution in [0, 0.1) is 6.92 Å². The van der Waals surface area contributed by atoms with Gasteiger partial charge in [0.05, 0.1) is 6.04 Å². The van der Waals surface area contributed by atoms with Crippen LogP contribution in [0.3, 0.4) is 0 Å². The summed E-state index contributed by atoms with van der Waals surface area (Å²) in [5.74, 6) is 0.581. The molecule has 0 bridgehead atoms. The van der Waals surface area contributed by atoms with Gasteiger partial charge in [-0.25, -0.2) is 4.68 Å². The highest BCUT2D eigenvalue weighted by atomic mass is 19.4. The Hall–Kier alpha value is -3.69. The SMILES string of the molecule is Cc1cccc(NC(=O)c2cc3n(n2)[C@@H](C(F)(F)F)C[C@@H](c2ccc4c(c2)OCO4)N3)c1. The third kappa shape index (κ3) is 3.72. The summed E-state index contributed by atoms with van der Waals surface area (Å²) in [6.07, 6.45) is -4.82. The number of alkyl halides is 3. The van der Waals surface area contributed by atoms with Gasteiger partial charge in [-0.3, -0.25) is 4.79 Å². The second-order valence-electron chi connectivity index (χ2n) is 7.79. The summed E-state index contributed by atoms with van der Waals surface area (Å²) in [4.78, 5) is 12.7. The molecule has 2 aromatic carbocycles. The predicted octanol–water partition coefficient (Wildman–Crippen LogP) is 4.83. The van der Waals surface area contributed by atoms with Crippen LogP contribution in [0.1, 0.15) is 40.1 Å². The summed E-state index contributed by atoms with van der Waals surface area (Å²) in [5, 5.41) is 9.74. The van der Waals surface area contributed by atoms with E-state index in [1.54, 1.807) is 36.4 Å². The maximum Gasteiger partial charge on any atom is 0.410 e. The van der Waals surface area contributed by atoms with Crippen molar-refractivity contribution >= 4 is 17.4 Å². The Morgan fingerprint density at radius 2 is 1.97 bits per heavy atom. The molecule has 1 aromatic heterocycles. The summed E-state index contributed by atoms with van der Waals surface area (Å²) in [5.41, 5.74) is 2.01. The number of rotatable bonds is 3. The van der Waals surface area contributed by atoms with E-state index < -0.39 is 24.2 Å². The first-order valence-electron chi connectivity index (χ1n) is 9.98. The molecule has 0 aliphatic carbocycles. The quantitative estimate of drug-likeness (QED) is 0.605. The fourth-order valence-corrected chi connectivity index (χ4v) is 3.95. The number of hydrogen-bond donors (Lipinski definition) is 2. The van der Waals surface area contributed by atoms with Crippen LogP contribution < -0.4 is 20.1 Å². The maximum absolute atomic E-state index is 13.9. The highest BCUT2D eigenvalue weighted by Gasteiger charge is 2.47. The van der Waals surface area contributed by atoms with Gasteiger partial charge in [0, 0.05) is 18.2 Å². The van der Waals surface area contributed by atoms with Crippen molar-refractivity contribution in [1.29, 1.82) is 0 Å². The van der Waals surface area contributed by atoms with E-state index in [1.807, 2.05) is 13.0 Å². The number of anilines is 2. The molecule has 0 saturated carbocycles. The molecule has 166 valence electrons. The van der Waals surface area contributed by atoms with Crippen molar-refractivity contribution in [2.45, 2.75) is 31.6 Å². The first-order chi connectivity index (χ1) is 15.3. The van der Waals surface area contributed by atoms with Gasteiger partial charge in [-0.1, -0.05) is 18.2 Å². The minimum absolute atomic E-state index is 0.0776. The molecule has 10 heteroatoms. The van der Waals surface area contributed by atoms with Crippen LogP contribution in [0.4, 0.5) is 24.7 Å². The highest BCUT2D eigenvalue weighted by Crippen LogP contribution is 2.45. The van der Waals surface area contributed by atoms with Crippen molar-refractivity contribution in [2.24, 2.45) is 0 Å². The molecule has 32 heavy (non-hydrogen) atoms. The lowest BCUT2D eigenvalue weighted by molar-refractivity contribution is -0.173. The van der Waals surface area contributed by atoms with Gasteiger partial charge in [-0.2, -0.15) is 18.3 Å². The summed E-state index contributed by atoms with van der Waals surface area (Å²) >= 11 is 0. The average Bonchev–Trinajstić information content (AvgIpc) is 3.38. The number of hydrogen-bond acceptors (Lipinski definition) is 5. The van der Waals surface area contributed by atoms with Crippen LogP contribution in [-0.4, -0.2) is 28.7 Å². The van der Waals surface area contributed by atoms with Crippen molar-refractivity contribution in [3.63, 3.8) is 0 Å². The van der Waals surface area contributed by atoms with Crippen molar-refractivity contribution in [2.75, 3.05) is 17.4 Å². The van der Waals surface area contributed by atoms with Crippen LogP contribution >= 0.6 is 0 Å². The second-order valence-corrected chi connectivity index (χ2v) is 7.79. The number of aryl methyl sites for hydroxylation is 1. The normalized spacial score (nSPS) is 19.2. The number of fused-ring (bicyclic) bond motifs is 2. The van der Waals surface area contributed by atoms with E-state index >= 15 is 0 Å². The molecule has 1 amide bonds. The van der Waals surface area contributed by atoms with Gasteiger partial charge in [0.2, 0.25) is 6.79 Å². The van der Waals surface area contributed by atoms with Gasteiger partial charge < -0.3 is 20.1 Å². The molecule has 2 aliphatic rings. The van der Waals surface area contributed by atoms with Gasteiger partial charge >= 0.3 is 6.18 Å². The number of carbonyl (C=O) groups excluding carboxylic acids is 1. The Bertz CT molecular complexity index is 1190. The lowest BCUT2D eigenvalue weighted by atomic mass is 9.96. The molecular weight excluding hydrogens is 425 g/mol. The van der Waals surface area contributed by atoms with E-state index in [2.05, 4.69) is 15.7 Å². The standard InChI is InChI=1S/C22H19F3N4O3/c1-12-3-2-4-14(7-12)26-21(30)16-10-20-27-15(9-19(22(23,24)25)29(20)28-16)13-5-6-17-18(8-13)32-11-31-17/h2-8,10,15,19,27H,9,11H2,1H3,(H,26,30)/t15-,19+/m0/s1. The van der Waals surface area contributed by atoms with E-state index in [4.69, 9.17) is 9.47 Å². The van der Waals surface area contributed by atoms with E-state index in [9.17, 15) is 18.0 Å². The molecule has 2 aliphatic heterocycles. The van der Waals surface area contributed by atoms with Gasteiger partial charge in [0.25, 0.3) is 5.91 Å². The van der Waals surface area contributed by atoms with Crippen molar-refractivity contribution < 1.29 is 27.4 Å². The zero-order chi connectivity index (χ0) is 22.5. The van der Waals surface area contributed by atoms with Gasteiger partial charge in [0.15, 0.2) is 23.2 Å². The molecule has 0 unspecified atom stereocenters. The Labute approximate surface area is 181 Å². The monoisotopic (exact) mass is 444 g/mol. The van der Waals surface area contributed by atoms with Crippen molar-refractivity contribution in [3.05, 3.63) is 65.4 Å². The van der Waals surface area contributed by atoms with Crippen LogP contribution in [0.25, 0.3) is 0 Å². The molecule has 0 spiro atoms. The van der Waals surface area contributed by atoms with Crippen LogP contribution in [0.5, 0.6) is 11.5 Å². The molecule has 7 nitrogen and oxygen atoms in total. The van der Waals surface area contributed by atoms with E-state index in [0.29, 0.717) is 22.7 Å². The second kappa shape index (κ2) is 7.47. The number of ether oxygens (including phenoxy) is 2. The number of carbonyl (C=O) groups is 1. The fraction of sp³-hybridized carbons (Fsp3) is 0.273. The maximum atomic E-state index is 13.9. The zero-order valence-electron chi connectivity index (χ0n) is 16.9. The molecule has 3 heterocycles. The number of halogens is 3. The van der Waals surface area contributed by atoms with E-state index in [0.717, 1.165) is 10.2 Å². The molecule has 0 saturated heterocycles. The van der Waals surface area contributed by atoms with E-state index in [1.165, 1.54) is 6.07 Å². The lowest BCUT2D eigenvalue weighted by Gasteiger charge is -2.33. The number of benzene rings is 2. The Morgan fingerprint density at radius 3 is 2.75 bits per heavy atom. The topological polar surface area (TPSA) is 77.4 Å². The summed E-state index contributed by atoms with van der Waals surface area (Å²) in [6.45, 7) is 1.95. The average molecular weight is 444 g/mol. The highest BCUT2D eigenvalue weighted by molar-refractivity contribution is 6.03. The first-order valence-corrected chi connectivity index (χ1v) is 9.98. The van der Waals surface area contributed by atoms with Crippen LogP contribution in [0.2, 0.25) is 0 Å². The molecule has 2 N–H and O–H groups in total. The van der Waals surface area contributed by atoms with E-state index in [-0.39, 0.29) is 24.7 Å². The minimum atomic E-state index is -4.54. The number of nitrogens with zero attached hydrogens (tertiary/aromatic N) is 2. The summed E-state index contributed by atoms with van der Waals surface area (Å²) in [6, 6.07) is 11.0. The van der Waals surface area contributed by atoms with Gasteiger partial charge in [-0.15, -0.1) is 0 Å². The number of amides is 1. The fourth-order valence-electron chi connectivity index (χ4n) is 3.95. The summed E-state index contributed by atoms with van der Waals surface area (Å²) in [7, 11) is 0. The van der Waals surface area contributed by atoms with Gasteiger partial charge in [-0.05, 0) is 42.3 Å². The summed E-state index contributed by atoms with van der Waals surface area (Å²) < 4.78 is 53.2. The first kappa shape index (κ1) is 20.2. The lowest BCUT2D eigenvalue weighted by Crippen LogP contribution is -2.35. The molecule has 0 fully saturated rings. The molecule has 5 rings (SSSR count). The van der Waals surface area contributed by atoms with Crippen LogP contribution in [0.15, 0.2) is 48.5 Å². The third-order valence-corrected chi connectivity index (χ3v) is 5.50. The number of nitrogens with one attached hydrogen (secondary N) is 2. The number of aromatic nitrogens is 2. The van der Waals surface area contributed by atoms with Crippen molar-refractivity contribution in [1.82, 2.24) is 9.78 Å². The van der Waals surface area contributed by atoms with Crippen molar-refractivity contribution in [3.8, 4) is 11.5 Å². The predicted molar refractivity (Wildman–Crippen MR) is 110 cm³/mol. The molecular formula is C22H19F3N4O3. The smallest absolute Gasteiger partial charge is 0.410 e. The molecule has 3 aromatic rings. The molecule has 0 radical (unpaired) electrons. The Morgan fingerprint density at radius 1 is 1.16 bits per heavy atom. The molecule has 2 atom stereocenters.